The summed E-state index contributed by atoms with van der Waals surface area (Å²) < 4.78 is 0. The highest BCUT2D eigenvalue weighted by atomic mass is 16.1. The highest BCUT2D eigenvalue weighted by Gasteiger charge is 2.17. The van der Waals surface area contributed by atoms with E-state index < -0.39 is 0 Å². The van der Waals surface area contributed by atoms with Crippen molar-refractivity contribution in [3.05, 3.63) is 47.4 Å². The Bertz CT molecular complexity index is 706. The van der Waals surface area contributed by atoms with E-state index in [1.807, 2.05) is 6.07 Å². The molecule has 5 nitrogen and oxygen atoms in total. The van der Waals surface area contributed by atoms with Gasteiger partial charge in [-0.1, -0.05) is 37.0 Å². The third kappa shape index (κ3) is 4.10. The number of aromatic nitrogens is 2. The Morgan fingerprint density at radius 2 is 1.88 bits per heavy atom. The highest BCUT2D eigenvalue weighted by Crippen LogP contribution is 2.20. The van der Waals surface area contributed by atoms with E-state index in [9.17, 15) is 4.79 Å². The Balaban J connectivity index is 1.63. The minimum atomic E-state index is -0.132. The predicted molar refractivity (Wildman–Crippen MR) is 95.6 cm³/mol. The molecular formula is C19H24N4O. The van der Waals surface area contributed by atoms with Crippen molar-refractivity contribution in [3.63, 3.8) is 0 Å². The number of aryl methyl sites for hydroxylation is 2. The van der Waals surface area contributed by atoms with E-state index in [2.05, 4.69) is 46.6 Å². The molecule has 0 radical (unpaired) electrons. The first-order valence-corrected chi connectivity index (χ1v) is 8.59. The molecule has 0 aliphatic heterocycles. The van der Waals surface area contributed by atoms with Gasteiger partial charge < -0.3 is 10.6 Å². The molecule has 1 heterocycles. The molecule has 0 bridgehead atoms. The zero-order chi connectivity index (χ0) is 16.9. The zero-order valence-electron chi connectivity index (χ0n) is 14.3. The van der Waals surface area contributed by atoms with Crippen LogP contribution < -0.4 is 10.6 Å². The quantitative estimate of drug-likeness (QED) is 0.895. The molecule has 1 aromatic heterocycles. The maximum absolute atomic E-state index is 12.2. The minimum absolute atomic E-state index is 0.132. The number of nitrogens with one attached hydrogen (secondary N) is 2. The summed E-state index contributed by atoms with van der Waals surface area (Å²) in [4.78, 5) is 20.8. The molecule has 1 fully saturated rings. The lowest BCUT2D eigenvalue weighted by atomic mass is 9.95. The van der Waals surface area contributed by atoms with Crippen LogP contribution in [-0.2, 0) is 0 Å². The minimum Gasteiger partial charge on any atom is -0.348 e. The normalized spacial score (nSPS) is 15.1. The van der Waals surface area contributed by atoms with Crippen LogP contribution in [0.4, 0.5) is 11.5 Å². The topological polar surface area (TPSA) is 66.9 Å². The summed E-state index contributed by atoms with van der Waals surface area (Å²) in [5.41, 5.74) is 3.73. The molecule has 0 unspecified atom stereocenters. The van der Waals surface area contributed by atoms with Crippen molar-refractivity contribution in [2.75, 3.05) is 5.32 Å². The number of hydrogen-bond donors (Lipinski definition) is 2. The molecule has 1 aromatic carbocycles. The van der Waals surface area contributed by atoms with Crippen molar-refractivity contribution in [1.29, 1.82) is 0 Å². The van der Waals surface area contributed by atoms with Gasteiger partial charge in [-0.15, -0.1) is 0 Å². The first kappa shape index (κ1) is 16.4. The van der Waals surface area contributed by atoms with Gasteiger partial charge in [-0.05, 0) is 38.3 Å². The van der Waals surface area contributed by atoms with Gasteiger partial charge in [0.15, 0.2) is 0 Å². The summed E-state index contributed by atoms with van der Waals surface area (Å²) in [6, 6.07) is 6.47. The summed E-state index contributed by atoms with van der Waals surface area (Å²) in [6.07, 6.45) is 8.91. The van der Waals surface area contributed by atoms with Gasteiger partial charge in [0.1, 0.15) is 11.5 Å². The molecule has 1 aliphatic carbocycles. The van der Waals surface area contributed by atoms with E-state index in [0.29, 0.717) is 11.5 Å². The molecule has 1 aliphatic rings. The summed E-state index contributed by atoms with van der Waals surface area (Å²) in [6.45, 7) is 4.12. The lowest BCUT2D eigenvalue weighted by Crippen LogP contribution is -2.36. The highest BCUT2D eigenvalue weighted by molar-refractivity contribution is 5.92. The van der Waals surface area contributed by atoms with E-state index in [-0.39, 0.29) is 11.9 Å². The molecule has 2 N–H and O–H groups in total. The van der Waals surface area contributed by atoms with Gasteiger partial charge in [0.25, 0.3) is 5.91 Å². The SMILES string of the molecule is Cc1ccc(Nc2cnc(C(=O)NC3CCCCC3)cn2)c(C)c1. The smallest absolute Gasteiger partial charge is 0.271 e. The van der Waals surface area contributed by atoms with Crippen LogP contribution in [0.5, 0.6) is 0 Å². The van der Waals surface area contributed by atoms with Crippen molar-refractivity contribution in [1.82, 2.24) is 15.3 Å². The van der Waals surface area contributed by atoms with Gasteiger partial charge in [0.05, 0.1) is 12.4 Å². The Morgan fingerprint density at radius 3 is 2.54 bits per heavy atom. The first-order chi connectivity index (χ1) is 11.6. The van der Waals surface area contributed by atoms with E-state index in [0.717, 1.165) is 24.1 Å². The monoisotopic (exact) mass is 324 g/mol. The Hall–Kier alpha value is -2.43. The number of carbonyl (C=O) groups excluding carboxylic acids is 1. The van der Waals surface area contributed by atoms with Gasteiger partial charge in [0, 0.05) is 11.7 Å². The third-order valence-electron chi connectivity index (χ3n) is 4.47. The maximum Gasteiger partial charge on any atom is 0.271 e. The number of rotatable bonds is 4. The average Bonchev–Trinajstić information content (AvgIpc) is 2.59. The molecule has 2 aromatic rings. The Labute approximate surface area is 142 Å². The summed E-state index contributed by atoms with van der Waals surface area (Å²) >= 11 is 0. The zero-order valence-corrected chi connectivity index (χ0v) is 14.3. The van der Waals surface area contributed by atoms with E-state index in [1.165, 1.54) is 31.0 Å². The maximum atomic E-state index is 12.2. The van der Waals surface area contributed by atoms with Crippen LogP contribution in [0, 0.1) is 13.8 Å². The van der Waals surface area contributed by atoms with Crippen molar-refractivity contribution in [2.24, 2.45) is 0 Å². The molecule has 1 amide bonds. The number of anilines is 2. The second-order valence-corrected chi connectivity index (χ2v) is 6.54. The number of nitrogens with zero attached hydrogens (tertiary/aromatic N) is 2. The molecule has 126 valence electrons. The van der Waals surface area contributed by atoms with Crippen LogP contribution in [-0.4, -0.2) is 21.9 Å². The molecular weight excluding hydrogens is 300 g/mol. The Morgan fingerprint density at radius 1 is 1.08 bits per heavy atom. The van der Waals surface area contributed by atoms with E-state index in [4.69, 9.17) is 0 Å². The largest absolute Gasteiger partial charge is 0.348 e. The van der Waals surface area contributed by atoms with Crippen molar-refractivity contribution >= 4 is 17.4 Å². The third-order valence-corrected chi connectivity index (χ3v) is 4.47. The van der Waals surface area contributed by atoms with Gasteiger partial charge in [-0.3, -0.25) is 4.79 Å². The summed E-state index contributed by atoms with van der Waals surface area (Å²) in [5, 5.41) is 6.30. The molecule has 3 rings (SSSR count). The van der Waals surface area contributed by atoms with Crippen LogP contribution in [0.15, 0.2) is 30.6 Å². The van der Waals surface area contributed by atoms with Gasteiger partial charge >= 0.3 is 0 Å². The van der Waals surface area contributed by atoms with Crippen molar-refractivity contribution in [2.45, 2.75) is 52.0 Å². The van der Waals surface area contributed by atoms with E-state index in [1.54, 1.807) is 6.20 Å². The second kappa shape index (κ2) is 7.43. The number of benzene rings is 1. The fourth-order valence-corrected chi connectivity index (χ4v) is 3.11. The molecule has 5 heteroatoms. The van der Waals surface area contributed by atoms with Crippen LogP contribution in [0.3, 0.4) is 0 Å². The average molecular weight is 324 g/mol. The number of carbonyl (C=O) groups is 1. The van der Waals surface area contributed by atoms with Crippen molar-refractivity contribution in [3.8, 4) is 0 Å². The first-order valence-electron chi connectivity index (χ1n) is 8.59. The summed E-state index contributed by atoms with van der Waals surface area (Å²) in [7, 11) is 0. The predicted octanol–water partition coefficient (Wildman–Crippen LogP) is 3.90. The molecule has 0 saturated heterocycles. The molecule has 0 spiro atoms. The summed E-state index contributed by atoms with van der Waals surface area (Å²) in [5.74, 6) is 0.503. The Kier molecular flexibility index (Phi) is 5.08. The van der Waals surface area contributed by atoms with E-state index >= 15 is 0 Å². The van der Waals surface area contributed by atoms with Gasteiger partial charge in [-0.2, -0.15) is 0 Å². The van der Waals surface area contributed by atoms with Crippen LogP contribution in [0.25, 0.3) is 0 Å². The fourth-order valence-electron chi connectivity index (χ4n) is 3.11. The standard InChI is InChI=1S/C19H24N4O/c1-13-8-9-16(14(2)10-13)23-18-12-20-17(11-21-18)19(24)22-15-6-4-3-5-7-15/h8-12,15H,3-7H2,1-2H3,(H,21,23)(H,22,24). The molecule has 24 heavy (non-hydrogen) atoms. The molecule has 1 saturated carbocycles. The van der Waals surface area contributed by atoms with Crippen LogP contribution in [0.2, 0.25) is 0 Å². The van der Waals surface area contributed by atoms with Gasteiger partial charge in [0.2, 0.25) is 0 Å². The van der Waals surface area contributed by atoms with Crippen LogP contribution in [0.1, 0.15) is 53.7 Å². The van der Waals surface area contributed by atoms with Gasteiger partial charge in [-0.25, -0.2) is 9.97 Å². The second-order valence-electron chi connectivity index (χ2n) is 6.54. The van der Waals surface area contributed by atoms with Crippen LogP contribution >= 0.6 is 0 Å². The number of amides is 1. The van der Waals surface area contributed by atoms with Crippen molar-refractivity contribution < 1.29 is 4.79 Å². The lowest BCUT2D eigenvalue weighted by molar-refractivity contribution is 0.0922. The fraction of sp³-hybridized carbons (Fsp3) is 0.421. The number of hydrogen-bond acceptors (Lipinski definition) is 4. The molecule has 0 atom stereocenters. The lowest BCUT2D eigenvalue weighted by Gasteiger charge is -2.22.